The predicted molar refractivity (Wildman–Crippen MR) is 83.4 cm³/mol. The molecule has 96 valence electrons. The second-order valence-corrected chi connectivity index (χ2v) is 4.18. The van der Waals surface area contributed by atoms with Crippen molar-refractivity contribution in [3.05, 3.63) is 36.0 Å². The van der Waals surface area contributed by atoms with Crippen LogP contribution in [0, 0.1) is 0 Å². The van der Waals surface area contributed by atoms with Crippen LogP contribution in [0.1, 0.15) is 54.4 Å². The van der Waals surface area contributed by atoms with E-state index in [1.165, 1.54) is 24.8 Å². The first kappa shape index (κ1) is 21.0. The van der Waals surface area contributed by atoms with Crippen LogP contribution in [0.5, 0.6) is 0 Å². The molecule has 0 radical (unpaired) electrons. The molecule has 0 aromatic heterocycles. The maximum atomic E-state index is 3.35. The number of hydrogen-bond acceptors (Lipinski definition) is 0. The van der Waals surface area contributed by atoms with Gasteiger partial charge in [0.25, 0.3) is 0 Å². The molecule has 0 aliphatic heterocycles. The Kier molecular flexibility index (Phi) is 22.5. The van der Waals surface area contributed by atoms with Crippen LogP contribution in [0.3, 0.4) is 0 Å². The van der Waals surface area contributed by atoms with Gasteiger partial charge in [-0.1, -0.05) is 66.7 Å². The summed E-state index contributed by atoms with van der Waals surface area (Å²) in [6, 6.07) is 0. The van der Waals surface area contributed by atoms with Gasteiger partial charge in [0.1, 0.15) is 0 Å². The zero-order valence-electron chi connectivity index (χ0n) is 9.30. The maximum Gasteiger partial charge on any atom is 0.0212 e. The van der Waals surface area contributed by atoms with Crippen molar-refractivity contribution in [2.24, 2.45) is 0 Å². The Morgan fingerprint density at radius 1 is 0.812 bits per heavy atom. The van der Waals surface area contributed by atoms with E-state index >= 15 is 0 Å². The molecule has 0 aromatic carbocycles. The second-order valence-electron chi connectivity index (χ2n) is 3.53. The van der Waals surface area contributed by atoms with Gasteiger partial charge in [0, 0.05) is 5.33 Å². The van der Waals surface area contributed by atoms with Gasteiger partial charge in [-0.25, -0.2) is 0 Å². The fraction of sp³-hybridized carbons (Fsp3) is 0.600. The molecule has 0 spiro atoms. The lowest BCUT2D eigenvalue weighted by atomic mass is 10.2. The molecule has 0 heterocycles. The monoisotopic (exact) mass is 288 g/mol. The van der Waals surface area contributed by atoms with Crippen LogP contribution in [-0.4, -0.2) is 5.33 Å². The topological polar surface area (TPSA) is 0 Å². The summed E-state index contributed by atoms with van der Waals surface area (Å²) < 4.78 is 0. The second kappa shape index (κ2) is 17.1. The summed E-state index contributed by atoms with van der Waals surface area (Å²) in [6.07, 6.45) is 15.9. The maximum absolute atomic E-state index is 3.35. The molecule has 0 aliphatic rings. The van der Waals surface area contributed by atoms with Gasteiger partial charge in [0.2, 0.25) is 0 Å². The minimum Gasteiger partial charge on any atom is -0.0883 e. The van der Waals surface area contributed by atoms with Crippen molar-refractivity contribution < 1.29 is 0 Å². The molecule has 0 bridgehead atoms. The molecule has 16 heavy (non-hydrogen) atoms. The Morgan fingerprint density at radius 2 is 1.25 bits per heavy atom. The van der Waals surface area contributed by atoms with Gasteiger partial charge in [0.15, 0.2) is 0 Å². The average molecular weight is 289 g/mol. The Hall–Kier alpha value is -0.300. The fourth-order valence-electron chi connectivity index (χ4n) is 1.08. The lowest BCUT2D eigenvalue weighted by Crippen LogP contribution is -1.69. The van der Waals surface area contributed by atoms with Gasteiger partial charge in [-0.15, -0.1) is 0 Å². The lowest BCUT2D eigenvalue weighted by Gasteiger charge is -1.90. The zero-order valence-corrected chi connectivity index (χ0v) is 10.9. The third-order valence-corrected chi connectivity index (χ3v) is 2.18. The molecule has 0 atom stereocenters. The van der Waals surface area contributed by atoms with E-state index in [4.69, 9.17) is 0 Å². The lowest BCUT2D eigenvalue weighted by molar-refractivity contribution is 0.996. The summed E-state index contributed by atoms with van der Waals surface area (Å²) in [5.41, 5.74) is 1.42. The van der Waals surface area contributed by atoms with Gasteiger partial charge in [-0.2, -0.15) is 0 Å². The highest BCUT2D eigenvalue weighted by Crippen LogP contribution is 2.00. The molecule has 0 aromatic rings. The standard InChI is InChI=1S/C13H21Br.2CH4/c1-13(2)11-9-7-5-3-4-6-8-10-12-14;;/h3,5,8,10-11H,4,6-7,9,12H2,1-2H3;2*1H4/b5-3+,10-8+;;. The molecular weight excluding hydrogens is 260 g/mol. The van der Waals surface area contributed by atoms with Gasteiger partial charge in [0.05, 0.1) is 0 Å². The van der Waals surface area contributed by atoms with Crippen molar-refractivity contribution in [3.63, 3.8) is 0 Å². The van der Waals surface area contributed by atoms with E-state index in [2.05, 4.69) is 60.2 Å². The Balaban J connectivity index is -0.000000845. The van der Waals surface area contributed by atoms with E-state index in [-0.39, 0.29) is 14.9 Å². The highest BCUT2D eigenvalue weighted by Gasteiger charge is 1.79. The van der Waals surface area contributed by atoms with E-state index in [0.29, 0.717) is 0 Å². The molecule has 0 unspecified atom stereocenters. The molecule has 0 N–H and O–H groups in total. The SMILES string of the molecule is C.C.CC(C)=CCC/C=C/CC/C=C/CBr. The van der Waals surface area contributed by atoms with Crippen LogP contribution < -0.4 is 0 Å². The third kappa shape index (κ3) is 19.3. The average Bonchev–Trinajstić information content (AvgIpc) is 2.15. The highest BCUT2D eigenvalue weighted by atomic mass is 79.9. The molecular formula is C15H29Br. The number of alkyl halides is 1. The minimum atomic E-state index is 0. The van der Waals surface area contributed by atoms with Gasteiger partial charge < -0.3 is 0 Å². The predicted octanol–water partition coefficient (Wildman–Crippen LogP) is 6.29. The molecule has 1 heteroatoms. The van der Waals surface area contributed by atoms with Crippen LogP contribution in [0.15, 0.2) is 36.0 Å². The number of unbranched alkanes of at least 4 members (excludes halogenated alkanes) is 2. The Morgan fingerprint density at radius 3 is 1.69 bits per heavy atom. The molecule has 0 nitrogen and oxygen atoms in total. The summed E-state index contributed by atoms with van der Waals surface area (Å²) in [4.78, 5) is 0. The van der Waals surface area contributed by atoms with Crippen molar-refractivity contribution in [2.45, 2.75) is 54.4 Å². The van der Waals surface area contributed by atoms with Crippen molar-refractivity contribution in [3.8, 4) is 0 Å². The fourth-order valence-corrected chi connectivity index (χ4v) is 1.34. The van der Waals surface area contributed by atoms with Crippen LogP contribution in [-0.2, 0) is 0 Å². The first-order valence-corrected chi connectivity index (χ1v) is 6.39. The van der Waals surface area contributed by atoms with Gasteiger partial charge in [-0.3, -0.25) is 0 Å². The normalized spacial score (nSPS) is 9.94. The van der Waals surface area contributed by atoms with E-state index < -0.39 is 0 Å². The van der Waals surface area contributed by atoms with E-state index in [1.807, 2.05) is 0 Å². The van der Waals surface area contributed by atoms with Gasteiger partial charge >= 0.3 is 0 Å². The molecule has 0 rings (SSSR count). The summed E-state index contributed by atoms with van der Waals surface area (Å²) in [5.74, 6) is 0. The van der Waals surface area contributed by atoms with Gasteiger partial charge in [-0.05, 0) is 39.5 Å². The number of halogens is 1. The number of rotatable bonds is 7. The highest BCUT2D eigenvalue weighted by molar-refractivity contribution is 9.09. The van der Waals surface area contributed by atoms with Crippen molar-refractivity contribution in [2.75, 3.05) is 5.33 Å². The summed E-state index contributed by atoms with van der Waals surface area (Å²) in [7, 11) is 0. The number of allylic oxidation sites excluding steroid dienone is 6. The minimum absolute atomic E-state index is 0. The first-order valence-electron chi connectivity index (χ1n) is 5.26. The summed E-state index contributed by atoms with van der Waals surface area (Å²) in [5, 5.41) is 0.970. The quantitative estimate of drug-likeness (QED) is 0.293. The smallest absolute Gasteiger partial charge is 0.0212 e. The van der Waals surface area contributed by atoms with E-state index in [1.54, 1.807) is 0 Å². The van der Waals surface area contributed by atoms with Crippen molar-refractivity contribution >= 4 is 15.9 Å². The van der Waals surface area contributed by atoms with Crippen molar-refractivity contribution in [1.82, 2.24) is 0 Å². The molecule has 0 aliphatic carbocycles. The number of hydrogen-bond donors (Lipinski definition) is 0. The molecule has 0 fully saturated rings. The summed E-state index contributed by atoms with van der Waals surface area (Å²) in [6.45, 7) is 4.30. The van der Waals surface area contributed by atoms with Crippen LogP contribution in [0.2, 0.25) is 0 Å². The van der Waals surface area contributed by atoms with Crippen molar-refractivity contribution in [1.29, 1.82) is 0 Å². The first-order chi connectivity index (χ1) is 6.77. The molecule has 0 saturated heterocycles. The third-order valence-electron chi connectivity index (χ3n) is 1.81. The van der Waals surface area contributed by atoms with E-state index in [0.717, 1.165) is 11.8 Å². The Labute approximate surface area is 112 Å². The largest absolute Gasteiger partial charge is 0.0883 e. The van der Waals surface area contributed by atoms with Crippen LogP contribution in [0.4, 0.5) is 0 Å². The summed E-state index contributed by atoms with van der Waals surface area (Å²) >= 11 is 3.35. The van der Waals surface area contributed by atoms with E-state index in [9.17, 15) is 0 Å². The zero-order chi connectivity index (χ0) is 10.6. The molecule has 0 amide bonds. The van der Waals surface area contributed by atoms with Crippen LogP contribution in [0.25, 0.3) is 0 Å². The molecule has 0 saturated carbocycles. The van der Waals surface area contributed by atoms with Crippen LogP contribution >= 0.6 is 15.9 Å². The Bertz CT molecular complexity index is 195.